The number of allylic oxidation sites excluding steroid dienone is 2. The quantitative estimate of drug-likeness (QED) is 0.466. The summed E-state index contributed by atoms with van der Waals surface area (Å²) in [6.45, 7) is 7.48. The predicted molar refractivity (Wildman–Crippen MR) is 46.0 cm³/mol. The molecule has 0 atom stereocenters. The number of halogens is 1. The minimum absolute atomic E-state index is 0.875. The first-order valence-corrected chi connectivity index (χ1v) is 3.44. The van der Waals surface area contributed by atoms with Crippen LogP contribution in [0.25, 0.3) is 0 Å². The maximum absolute atomic E-state index is 3.96. The van der Waals surface area contributed by atoms with Crippen molar-refractivity contribution < 1.29 is 0 Å². The number of hydrogen-bond donors (Lipinski definition) is 0. The summed E-state index contributed by atoms with van der Waals surface area (Å²) in [6.07, 6.45) is 3.57. The molecule has 0 aliphatic rings. The Kier molecular flexibility index (Phi) is 4.32. The molecular formula is C7H10BrN. The smallest absolute Gasteiger partial charge is 0.0798 e. The van der Waals surface area contributed by atoms with Gasteiger partial charge in [0.25, 0.3) is 0 Å². The number of aliphatic imine (C=N–C) groups is 1. The van der Waals surface area contributed by atoms with Gasteiger partial charge in [0.05, 0.1) is 4.62 Å². The van der Waals surface area contributed by atoms with Gasteiger partial charge in [0, 0.05) is 6.20 Å². The standard InChI is InChI=1S/C7H10BrN/c1-6(2)4-5-9-7(3)8/h4-5H,1H2,2-3H3/b5-4-,9-7+. The van der Waals surface area contributed by atoms with Crippen LogP contribution in [0.2, 0.25) is 0 Å². The van der Waals surface area contributed by atoms with Crippen LogP contribution in [0.4, 0.5) is 0 Å². The molecule has 2 heteroatoms. The summed E-state index contributed by atoms with van der Waals surface area (Å²) in [6, 6.07) is 0. The van der Waals surface area contributed by atoms with E-state index in [0.29, 0.717) is 0 Å². The SMILES string of the molecule is C=C(C)/C=C\N=C(/C)Br. The molecule has 9 heavy (non-hydrogen) atoms. The van der Waals surface area contributed by atoms with E-state index < -0.39 is 0 Å². The van der Waals surface area contributed by atoms with Crippen LogP contribution in [0.1, 0.15) is 13.8 Å². The average Bonchev–Trinajstić information content (AvgIpc) is 1.63. The van der Waals surface area contributed by atoms with Crippen molar-refractivity contribution in [2.45, 2.75) is 13.8 Å². The molecule has 0 bridgehead atoms. The van der Waals surface area contributed by atoms with Crippen molar-refractivity contribution in [3.63, 3.8) is 0 Å². The first kappa shape index (κ1) is 8.63. The highest BCUT2D eigenvalue weighted by atomic mass is 79.9. The van der Waals surface area contributed by atoms with E-state index >= 15 is 0 Å². The lowest BCUT2D eigenvalue weighted by molar-refractivity contribution is 1.49. The van der Waals surface area contributed by atoms with Gasteiger partial charge in [-0.15, -0.1) is 0 Å². The van der Waals surface area contributed by atoms with Crippen LogP contribution in [-0.2, 0) is 0 Å². The van der Waals surface area contributed by atoms with Crippen LogP contribution in [0.15, 0.2) is 29.4 Å². The summed E-state index contributed by atoms with van der Waals surface area (Å²) in [5.41, 5.74) is 1.01. The molecule has 0 heterocycles. The first-order valence-electron chi connectivity index (χ1n) is 2.65. The fourth-order valence-corrected chi connectivity index (χ4v) is 0.385. The van der Waals surface area contributed by atoms with Gasteiger partial charge in [-0.25, -0.2) is 0 Å². The Morgan fingerprint density at radius 1 is 1.56 bits per heavy atom. The highest BCUT2D eigenvalue weighted by molar-refractivity contribution is 9.18. The van der Waals surface area contributed by atoms with Gasteiger partial charge in [-0.2, -0.15) is 0 Å². The van der Waals surface area contributed by atoms with Gasteiger partial charge in [0.15, 0.2) is 0 Å². The summed E-state index contributed by atoms with van der Waals surface area (Å²) >= 11 is 3.19. The van der Waals surface area contributed by atoms with E-state index in [1.807, 2.05) is 19.9 Å². The Labute approximate surface area is 64.3 Å². The van der Waals surface area contributed by atoms with Crippen LogP contribution in [0.3, 0.4) is 0 Å². The van der Waals surface area contributed by atoms with Gasteiger partial charge in [0.1, 0.15) is 0 Å². The third kappa shape index (κ3) is 7.63. The molecule has 0 aromatic carbocycles. The second-order valence-electron chi connectivity index (χ2n) is 1.79. The van der Waals surface area contributed by atoms with Gasteiger partial charge in [-0.05, 0) is 35.9 Å². The second-order valence-corrected chi connectivity index (χ2v) is 2.94. The van der Waals surface area contributed by atoms with Crippen molar-refractivity contribution in [1.82, 2.24) is 0 Å². The Bertz CT molecular complexity index is 152. The number of nitrogens with zero attached hydrogens (tertiary/aromatic N) is 1. The zero-order valence-corrected chi connectivity index (χ0v) is 7.27. The lowest BCUT2D eigenvalue weighted by atomic mass is 10.3. The highest BCUT2D eigenvalue weighted by Crippen LogP contribution is 1.92. The van der Waals surface area contributed by atoms with Crippen molar-refractivity contribution in [1.29, 1.82) is 0 Å². The van der Waals surface area contributed by atoms with E-state index in [0.717, 1.165) is 10.2 Å². The van der Waals surface area contributed by atoms with Crippen molar-refractivity contribution in [2.75, 3.05) is 0 Å². The van der Waals surface area contributed by atoms with Gasteiger partial charge < -0.3 is 0 Å². The maximum atomic E-state index is 3.96. The molecule has 0 aliphatic heterocycles. The zero-order valence-electron chi connectivity index (χ0n) is 5.69. The van der Waals surface area contributed by atoms with Gasteiger partial charge in [-0.1, -0.05) is 12.2 Å². The topological polar surface area (TPSA) is 12.4 Å². The van der Waals surface area contributed by atoms with Crippen LogP contribution >= 0.6 is 15.9 Å². The molecule has 0 unspecified atom stereocenters. The van der Waals surface area contributed by atoms with Gasteiger partial charge in [0.2, 0.25) is 0 Å². The first-order chi connectivity index (χ1) is 4.13. The molecule has 0 N–H and O–H groups in total. The molecule has 0 saturated heterocycles. The molecule has 0 aliphatic carbocycles. The molecule has 0 amide bonds. The van der Waals surface area contributed by atoms with E-state index in [-0.39, 0.29) is 0 Å². The Hall–Kier alpha value is -0.370. The summed E-state index contributed by atoms with van der Waals surface area (Å²) in [5.74, 6) is 0. The molecule has 0 aromatic rings. The van der Waals surface area contributed by atoms with Crippen LogP contribution in [0, 0.1) is 0 Å². The minimum atomic E-state index is 0.875. The van der Waals surface area contributed by atoms with Crippen molar-refractivity contribution >= 4 is 20.6 Å². The van der Waals surface area contributed by atoms with Gasteiger partial charge >= 0.3 is 0 Å². The second kappa shape index (κ2) is 4.50. The van der Waals surface area contributed by atoms with Crippen LogP contribution in [-0.4, -0.2) is 4.62 Å². The molecular weight excluding hydrogens is 178 g/mol. The predicted octanol–water partition coefficient (Wildman–Crippen LogP) is 2.89. The largest absolute Gasteiger partial charge is 0.254 e. The van der Waals surface area contributed by atoms with E-state index in [1.54, 1.807) is 6.20 Å². The highest BCUT2D eigenvalue weighted by Gasteiger charge is 1.73. The molecule has 50 valence electrons. The molecule has 0 radical (unpaired) electrons. The maximum Gasteiger partial charge on any atom is 0.0798 e. The van der Waals surface area contributed by atoms with E-state index in [2.05, 4.69) is 27.5 Å². The monoisotopic (exact) mass is 187 g/mol. The normalized spacial score (nSPS) is 12.6. The Morgan fingerprint density at radius 3 is 2.44 bits per heavy atom. The summed E-state index contributed by atoms with van der Waals surface area (Å²) in [5, 5.41) is 0. The van der Waals surface area contributed by atoms with Crippen molar-refractivity contribution in [3.8, 4) is 0 Å². The lowest BCUT2D eigenvalue weighted by Crippen LogP contribution is -1.68. The summed E-state index contributed by atoms with van der Waals surface area (Å²) in [7, 11) is 0. The van der Waals surface area contributed by atoms with E-state index in [1.165, 1.54) is 0 Å². The van der Waals surface area contributed by atoms with Crippen molar-refractivity contribution in [3.05, 3.63) is 24.4 Å². The van der Waals surface area contributed by atoms with Gasteiger partial charge in [-0.3, -0.25) is 4.99 Å². The van der Waals surface area contributed by atoms with Crippen molar-refractivity contribution in [2.24, 2.45) is 4.99 Å². The molecule has 0 saturated carbocycles. The third-order valence-corrected chi connectivity index (χ3v) is 0.816. The van der Waals surface area contributed by atoms with E-state index in [4.69, 9.17) is 0 Å². The summed E-state index contributed by atoms with van der Waals surface area (Å²) in [4.78, 5) is 3.96. The average molecular weight is 188 g/mol. The number of hydrogen-bond acceptors (Lipinski definition) is 1. The molecule has 0 fully saturated rings. The molecule has 0 spiro atoms. The molecule has 0 aromatic heterocycles. The van der Waals surface area contributed by atoms with Crippen LogP contribution < -0.4 is 0 Å². The molecule has 1 nitrogen and oxygen atoms in total. The lowest BCUT2D eigenvalue weighted by Gasteiger charge is -1.81. The Balaban J connectivity index is 3.74. The minimum Gasteiger partial charge on any atom is -0.254 e. The third-order valence-electron chi connectivity index (χ3n) is 0.611. The zero-order chi connectivity index (χ0) is 7.28. The number of rotatable bonds is 2. The fourth-order valence-electron chi connectivity index (χ4n) is 0.267. The fraction of sp³-hybridized carbons (Fsp3) is 0.286. The summed E-state index contributed by atoms with van der Waals surface area (Å²) < 4.78 is 0.875. The molecule has 0 rings (SSSR count). The Morgan fingerprint density at radius 2 is 2.11 bits per heavy atom. The van der Waals surface area contributed by atoms with Crippen LogP contribution in [0.5, 0.6) is 0 Å². The van der Waals surface area contributed by atoms with E-state index in [9.17, 15) is 0 Å².